The Hall–Kier alpha value is -2.84. The number of nitrogens with one attached hydrogen (secondary N) is 1. The minimum Gasteiger partial charge on any atom is -0.489 e. The molecule has 0 saturated carbocycles. The van der Waals surface area contributed by atoms with E-state index in [2.05, 4.69) is 15.3 Å². The molecule has 132 valence electrons. The maximum Gasteiger partial charge on any atom is 0.293 e. The van der Waals surface area contributed by atoms with Gasteiger partial charge in [0.1, 0.15) is 24.4 Å². The van der Waals surface area contributed by atoms with E-state index in [-0.39, 0.29) is 11.4 Å². The van der Waals surface area contributed by atoms with Crippen molar-refractivity contribution in [2.75, 3.05) is 0 Å². The van der Waals surface area contributed by atoms with E-state index in [0.717, 1.165) is 16.4 Å². The van der Waals surface area contributed by atoms with Gasteiger partial charge in [-0.15, -0.1) is 0 Å². The third-order valence-electron chi connectivity index (χ3n) is 3.38. The number of H-pyrrole nitrogens is 1. The molecule has 3 rings (SSSR count). The molecule has 6 nitrogen and oxygen atoms in total. The number of hydrogen-bond donors (Lipinski definition) is 1. The Bertz CT molecular complexity index is 1010. The van der Waals surface area contributed by atoms with Crippen molar-refractivity contribution in [3.63, 3.8) is 0 Å². The Morgan fingerprint density at radius 1 is 1.31 bits per heavy atom. The van der Waals surface area contributed by atoms with Gasteiger partial charge in [0.25, 0.3) is 5.56 Å². The molecule has 1 aromatic heterocycles. The Morgan fingerprint density at radius 3 is 2.77 bits per heavy atom. The molecule has 0 aliphatic carbocycles. The van der Waals surface area contributed by atoms with Crippen LogP contribution in [0.5, 0.6) is 5.75 Å². The van der Waals surface area contributed by atoms with Crippen molar-refractivity contribution in [1.82, 2.24) is 14.9 Å². The fourth-order valence-corrected chi connectivity index (χ4v) is 2.46. The van der Waals surface area contributed by atoms with Crippen LogP contribution in [-0.4, -0.2) is 21.1 Å². The second-order valence-electron chi connectivity index (χ2n) is 5.13. The standard InChI is InChI=1S/C17H12ClFN4O2S/c18-14-2-1-3-15(19)13(14)10-25-12-6-4-11(5-7-12)8-21-23-16(24)9-20-22-17(23)26/h1-9H,10H2,(H,22,26)/b21-8+. The topological polar surface area (TPSA) is 72.3 Å². The summed E-state index contributed by atoms with van der Waals surface area (Å²) in [6.45, 7) is 0.0144. The lowest BCUT2D eigenvalue weighted by atomic mass is 10.2. The highest BCUT2D eigenvalue weighted by atomic mass is 35.5. The van der Waals surface area contributed by atoms with Crippen molar-refractivity contribution >= 4 is 30.0 Å². The first kappa shape index (κ1) is 18.0. The summed E-state index contributed by atoms with van der Waals surface area (Å²) >= 11 is 10.9. The van der Waals surface area contributed by atoms with E-state index in [0.29, 0.717) is 16.3 Å². The van der Waals surface area contributed by atoms with E-state index >= 15 is 0 Å². The first-order valence-electron chi connectivity index (χ1n) is 7.41. The van der Waals surface area contributed by atoms with Crippen molar-refractivity contribution in [1.29, 1.82) is 0 Å². The van der Waals surface area contributed by atoms with E-state index in [4.69, 9.17) is 28.6 Å². The average molecular weight is 391 g/mol. The molecule has 0 unspecified atom stereocenters. The molecule has 0 amide bonds. The van der Waals surface area contributed by atoms with Crippen molar-refractivity contribution < 1.29 is 9.13 Å². The van der Waals surface area contributed by atoms with Gasteiger partial charge in [-0.25, -0.2) is 4.39 Å². The van der Waals surface area contributed by atoms with Gasteiger partial charge in [-0.3, -0.25) is 9.89 Å². The van der Waals surface area contributed by atoms with Gasteiger partial charge in [0.2, 0.25) is 4.77 Å². The zero-order chi connectivity index (χ0) is 18.5. The molecule has 9 heteroatoms. The van der Waals surface area contributed by atoms with Crippen molar-refractivity contribution in [3.05, 3.63) is 85.8 Å². The first-order valence-corrected chi connectivity index (χ1v) is 8.20. The third-order valence-corrected chi connectivity index (χ3v) is 4.00. The molecule has 1 N–H and O–H groups in total. The van der Waals surface area contributed by atoms with Crippen LogP contribution in [0.3, 0.4) is 0 Å². The quantitative estimate of drug-likeness (QED) is 0.534. The minimum absolute atomic E-state index is 0.0144. The number of ether oxygens (including phenoxy) is 1. The molecule has 0 aliphatic rings. The van der Waals surface area contributed by atoms with Crippen LogP contribution in [0.4, 0.5) is 4.39 Å². The Morgan fingerprint density at radius 2 is 2.08 bits per heavy atom. The van der Waals surface area contributed by atoms with Crippen LogP contribution < -0.4 is 10.3 Å². The zero-order valence-corrected chi connectivity index (χ0v) is 14.8. The Balaban J connectivity index is 1.70. The predicted molar refractivity (Wildman–Crippen MR) is 98.9 cm³/mol. The number of aromatic amines is 1. The van der Waals surface area contributed by atoms with Crippen molar-refractivity contribution in [3.8, 4) is 5.75 Å². The lowest BCUT2D eigenvalue weighted by molar-refractivity contribution is 0.300. The van der Waals surface area contributed by atoms with Gasteiger partial charge in [0.05, 0.1) is 11.2 Å². The molecule has 26 heavy (non-hydrogen) atoms. The maximum absolute atomic E-state index is 13.7. The van der Waals surface area contributed by atoms with Gasteiger partial charge < -0.3 is 4.74 Å². The lowest BCUT2D eigenvalue weighted by Crippen LogP contribution is -2.18. The molecule has 0 bridgehead atoms. The number of nitrogens with zero attached hydrogens (tertiary/aromatic N) is 3. The monoisotopic (exact) mass is 390 g/mol. The van der Waals surface area contributed by atoms with Crippen molar-refractivity contribution in [2.24, 2.45) is 5.10 Å². The highest BCUT2D eigenvalue weighted by Gasteiger charge is 2.07. The number of hydrogen-bond acceptors (Lipinski definition) is 5. The molecule has 0 atom stereocenters. The SMILES string of the molecule is O=c1cn[nH]c(=S)n1/N=C/c1ccc(OCc2c(F)cccc2Cl)cc1. The van der Waals surface area contributed by atoms with Gasteiger partial charge in [-0.05, 0) is 54.2 Å². The van der Waals surface area contributed by atoms with E-state index in [1.165, 1.54) is 18.3 Å². The summed E-state index contributed by atoms with van der Waals surface area (Å²) in [5.41, 5.74) is 0.581. The summed E-state index contributed by atoms with van der Waals surface area (Å²) in [4.78, 5) is 11.6. The summed E-state index contributed by atoms with van der Waals surface area (Å²) in [5, 5.41) is 10.4. The third kappa shape index (κ3) is 4.22. The molecule has 3 aromatic rings. The molecule has 1 heterocycles. The smallest absolute Gasteiger partial charge is 0.293 e. The van der Waals surface area contributed by atoms with E-state index < -0.39 is 11.4 Å². The van der Waals surface area contributed by atoms with E-state index in [1.807, 2.05) is 0 Å². The molecular formula is C17H12ClFN4O2S. The van der Waals surface area contributed by atoms with Gasteiger partial charge in [-0.1, -0.05) is 17.7 Å². The maximum atomic E-state index is 13.7. The summed E-state index contributed by atoms with van der Waals surface area (Å²) in [5.74, 6) is 0.125. The number of aromatic nitrogens is 3. The van der Waals surface area contributed by atoms with E-state index in [1.54, 1.807) is 30.3 Å². The lowest BCUT2D eigenvalue weighted by Gasteiger charge is -2.08. The number of benzene rings is 2. The van der Waals surface area contributed by atoms with Gasteiger partial charge in [0.15, 0.2) is 0 Å². The highest BCUT2D eigenvalue weighted by molar-refractivity contribution is 7.71. The van der Waals surface area contributed by atoms with Gasteiger partial charge in [0, 0.05) is 5.56 Å². The summed E-state index contributed by atoms with van der Waals surface area (Å²) in [6.07, 6.45) is 2.56. The van der Waals surface area contributed by atoms with E-state index in [9.17, 15) is 9.18 Å². The van der Waals surface area contributed by atoms with Crippen LogP contribution in [0.15, 0.2) is 58.6 Å². The first-order chi connectivity index (χ1) is 12.5. The number of rotatable bonds is 5. The van der Waals surface area contributed by atoms with Crippen LogP contribution >= 0.6 is 23.8 Å². The average Bonchev–Trinajstić information content (AvgIpc) is 2.62. The molecule has 0 fully saturated rings. The highest BCUT2D eigenvalue weighted by Crippen LogP contribution is 2.21. The van der Waals surface area contributed by atoms with Crippen LogP contribution in [0.1, 0.15) is 11.1 Å². The van der Waals surface area contributed by atoms with Gasteiger partial charge >= 0.3 is 0 Å². The number of halogens is 2. The summed E-state index contributed by atoms with van der Waals surface area (Å²) < 4.78 is 20.4. The fourth-order valence-electron chi connectivity index (χ4n) is 2.05. The molecular weight excluding hydrogens is 379 g/mol. The molecule has 0 spiro atoms. The molecule has 2 aromatic carbocycles. The largest absolute Gasteiger partial charge is 0.489 e. The second-order valence-corrected chi connectivity index (χ2v) is 5.92. The molecule has 0 saturated heterocycles. The van der Waals surface area contributed by atoms with Gasteiger partial charge in [-0.2, -0.15) is 14.9 Å². The minimum atomic E-state index is -0.438. The summed E-state index contributed by atoms with van der Waals surface area (Å²) in [6, 6.07) is 11.3. The van der Waals surface area contributed by atoms with Crippen LogP contribution in [-0.2, 0) is 6.61 Å². The van der Waals surface area contributed by atoms with Crippen molar-refractivity contribution in [2.45, 2.75) is 6.61 Å². The van der Waals surface area contributed by atoms with Crippen LogP contribution in [0.25, 0.3) is 0 Å². The normalized spacial score (nSPS) is 11.0. The summed E-state index contributed by atoms with van der Waals surface area (Å²) in [7, 11) is 0. The fraction of sp³-hybridized carbons (Fsp3) is 0.0588. The molecule has 0 aliphatic heterocycles. The Labute approximate surface area is 157 Å². The zero-order valence-electron chi connectivity index (χ0n) is 13.2. The van der Waals surface area contributed by atoms with Crippen LogP contribution in [0.2, 0.25) is 5.02 Å². The second kappa shape index (κ2) is 8.03. The van der Waals surface area contributed by atoms with Crippen LogP contribution in [0, 0.1) is 10.6 Å². The Kier molecular flexibility index (Phi) is 5.55. The molecule has 0 radical (unpaired) electrons. The predicted octanol–water partition coefficient (Wildman–Crippen LogP) is 3.55.